The first-order valence-electron chi connectivity index (χ1n) is 10.3. The molecule has 1 aromatic heterocycles. The van der Waals surface area contributed by atoms with E-state index in [1.807, 2.05) is 79.7 Å². The van der Waals surface area contributed by atoms with Gasteiger partial charge in [-0.05, 0) is 30.2 Å². The Bertz CT molecular complexity index is 1190. The van der Waals surface area contributed by atoms with E-state index < -0.39 is 0 Å². The number of aromatic nitrogens is 2. The summed E-state index contributed by atoms with van der Waals surface area (Å²) in [5.74, 6) is 0.376. The molecule has 7 heteroatoms. The minimum Gasteiger partial charge on any atom is -0.382 e. The molecule has 0 aliphatic carbocycles. The monoisotopic (exact) mass is 445 g/mol. The number of amides is 2. The highest BCUT2D eigenvalue weighted by Crippen LogP contribution is 2.33. The third kappa shape index (κ3) is 4.92. The molecule has 4 N–H and O–H groups in total. The maximum Gasteiger partial charge on any atom is 0.319 e. The summed E-state index contributed by atoms with van der Waals surface area (Å²) in [5.41, 5.74) is 10.3. The third-order valence-electron chi connectivity index (χ3n) is 5.17. The molecule has 4 rings (SSSR count). The van der Waals surface area contributed by atoms with Crippen molar-refractivity contribution >= 4 is 29.1 Å². The van der Waals surface area contributed by atoms with Crippen LogP contribution in [0.1, 0.15) is 24.1 Å². The smallest absolute Gasteiger partial charge is 0.319 e. The third-order valence-corrected chi connectivity index (χ3v) is 5.42. The van der Waals surface area contributed by atoms with Gasteiger partial charge < -0.3 is 16.4 Å². The van der Waals surface area contributed by atoms with Gasteiger partial charge >= 0.3 is 6.03 Å². The number of hydrogen-bond donors (Lipinski definition) is 3. The van der Waals surface area contributed by atoms with E-state index in [0.29, 0.717) is 28.8 Å². The maximum atomic E-state index is 12.8. The van der Waals surface area contributed by atoms with Gasteiger partial charge in [-0.2, -0.15) is 5.10 Å². The van der Waals surface area contributed by atoms with Gasteiger partial charge in [0.05, 0.1) is 12.6 Å². The highest BCUT2D eigenvalue weighted by molar-refractivity contribution is 6.30. The number of nitrogens with zero attached hydrogens (tertiary/aromatic N) is 2. The molecule has 0 radical (unpaired) electrons. The molecule has 162 valence electrons. The van der Waals surface area contributed by atoms with Gasteiger partial charge in [0.1, 0.15) is 17.2 Å². The van der Waals surface area contributed by atoms with Crippen molar-refractivity contribution in [2.24, 2.45) is 0 Å². The lowest BCUT2D eigenvalue weighted by atomic mass is 10.1. The van der Waals surface area contributed by atoms with Gasteiger partial charge in [0.25, 0.3) is 0 Å². The van der Waals surface area contributed by atoms with Crippen LogP contribution in [0, 0.1) is 0 Å². The summed E-state index contributed by atoms with van der Waals surface area (Å²) >= 11 is 6.05. The van der Waals surface area contributed by atoms with E-state index in [2.05, 4.69) is 10.6 Å². The highest BCUT2D eigenvalue weighted by Gasteiger charge is 2.20. The minimum atomic E-state index is -0.359. The first-order valence-corrected chi connectivity index (χ1v) is 10.7. The van der Waals surface area contributed by atoms with Crippen LogP contribution in [0.2, 0.25) is 5.02 Å². The van der Waals surface area contributed by atoms with Crippen molar-refractivity contribution in [3.8, 4) is 11.3 Å². The van der Waals surface area contributed by atoms with Crippen LogP contribution in [-0.4, -0.2) is 15.8 Å². The van der Waals surface area contributed by atoms with Crippen LogP contribution in [0.3, 0.4) is 0 Å². The number of halogens is 1. The molecule has 0 aliphatic rings. The van der Waals surface area contributed by atoms with E-state index in [1.165, 1.54) is 0 Å². The molecule has 0 aliphatic heterocycles. The van der Waals surface area contributed by atoms with Gasteiger partial charge in [-0.25, -0.2) is 9.48 Å². The van der Waals surface area contributed by atoms with Crippen molar-refractivity contribution in [2.75, 3.05) is 11.1 Å². The summed E-state index contributed by atoms with van der Waals surface area (Å²) in [5, 5.41) is 11.2. The number of nitrogens with one attached hydrogen (secondary N) is 2. The van der Waals surface area contributed by atoms with Gasteiger partial charge in [0.2, 0.25) is 0 Å². The minimum absolute atomic E-state index is 0.171. The molecule has 1 heterocycles. The molecule has 0 spiro atoms. The van der Waals surface area contributed by atoms with Crippen LogP contribution in [0.4, 0.5) is 16.3 Å². The first-order chi connectivity index (χ1) is 15.5. The van der Waals surface area contributed by atoms with Crippen molar-refractivity contribution < 1.29 is 4.79 Å². The fourth-order valence-electron chi connectivity index (χ4n) is 3.46. The predicted octanol–water partition coefficient (Wildman–Crippen LogP) is 5.72. The fraction of sp³-hybridized carbons (Fsp3) is 0.120. The van der Waals surface area contributed by atoms with Crippen molar-refractivity contribution in [3.05, 3.63) is 101 Å². The fourth-order valence-corrected chi connectivity index (χ4v) is 3.58. The summed E-state index contributed by atoms with van der Waals surface area (Å²) in [6, 6.07) is 26.4. The quantitative estimate of drug-likeness (QED) is 0.355. The Kier molecular flexibility index (Phi) is 6.42. The summed E-state index contributed by atoms with van der Waals surface area (Å²) in [4.78, 5) is 12.8. The number of nitrogen functional groups attached to an aromatic ring is 1. The topological polar surface area (TPSA) is 85.0 Å². The largest absolute Gasteiger partial charge is 0.382 e. The van der Waals surface area contributed by atoms with E-state index >= 15 is 0 Å². The zero-order chi connectivity index (χ0) is 22.5. The Labute approximate surface area is 192 Å². The SMILES string of the molecule is CC(NC(=O)Nc1c(-c2ccc(Cl)cc2)nn(Cc2ccccc2)c1N)c1ccccc1. The zero-order valence-corrected chi connectivity index (χ0v) is 18.4. The zero-order valence-electron chi connectivity index (χ0n) is 17.6. The Morgan fingerprint density at radius 2 is 1.62 bits per heavy atom. The van der Waals surface area contributed by atoms with E-state index in [1.54, 1.807) is 16.8 Å². The average molecular weight is 446 g/mol. The lowest BCUT2D eigenvalue weighted by Gasteiger charge is -2.15. The molecule has 6 nitrogen and oxygen atoms in total. The lowest BCUT2D eigenvalue weighted by Crippen LogP contribution is -2.31. The van der Waals surface area contributed by atoms with E-state index in [4.69, 9.17) is 22.4 Å². The number of benzene rings is 3. The molecule has 0 fully saturated rings. The second-order valence-electron chi connectivity index (χ2n) is 7.49. The Morgan fingerprint density at radius 1 is 1.00 bits per heavy atom. The molecule has 0 bridgehead atoms. The van der Waals surface area contributed by atoms with Crippen molar-refractivity contribution in [3.63, 3.8) is 0 Å². The average Bonchev–Trinajstić information content (AvgIpc) is 3.10. The number of nitrogens with two attached hydrogens (primary N) is 1. The number of hydrogen-bond acceptors (Lipinski definition) is 3. The van der Waals surface area contributed by atoms with E-state index in [-0.39, 0.29) is 12.1 Å². The first kappa shape index (κ1) is 21.5. The van der Waals surface area contributed by atoms with Crippen molar-refractivity contribution in [1.29, 1.82) is 0 Å². The number of urea groups is 1. The van der Waals surface area contributed by atoms with Crippen LogP contribution in [0.5, 0.6) is 0 Å². The van der Waals surface area contributed by atoms with Gasteiger partial charge in [-0.15, -0.1) is 0 Å². The number of anilines is 2. The molecule has 0 saturated carbocycles. The molecular weight excluding hydrogens is 422 g/mol. The van der Waals surface area contributed by atoms with Crippen LogP contribution in [0.25, 0.3) is 11.3 Å². The summed E-state index contributed by atoms with van der Waals surface area (Å²) in [7, 11) is 0. The highest BCUT2D eigenvalue weighted by atomic mass is 35.5. The Morgan fingerprint density at radius 3 is 2.28 bits per heavy atom. The second kappa shape index (κ2) is 9.58. The molecule has 1 unspecified atom stereocenters. The molecule has 3 aromatic carbocycles. The van der Waals surface area contributed by atoms with Crippen LogP contribution in [0.15, 0.2) is 84.9 Å². The Balaban J connectivity index is 1.63. The van der Waals surface area contributed by atoms with Crippen molar-refractivity contribution in [2.45, 2.75) is 19.5 Å². The van der Waals surface area contributed by atoms with Gasteiger partial charge in [0.15, 0.2) is 0 Å². The molecule has 4 aromatic rings. The van der Waals surface area contributed by atoms with E-state index in [0.717, 1.165) is 16.7 Å². The standard InChI is InChI=1S/C25H24ClN5O/c1-17(19-10-6-3-7-11-19)28-25(32)29-23-22(20-12-14-21(26)15-13-20)30-31(24(23)27)16-18-8-4-2-5-9-18/h2-15,17H,16,27H2,1H3,(H2,28,29,32). The Hall–Kier alpha value is -3.77. The van der Waals surface area contributed by atoms with Gasteiger partial charge in [0, 0.05) is 10.6 Å². The lowest BCUT2D eigenvalue weighted by molar-refractivity contribution is 0.249. The van der Waals surface area contributed by atoms with E-state index in [9.17, 15) is 4.79 Å². The summed E-state index contributed by atoms with van der Waals surface area (Å²) in [6.45, 7) is 2.41. The van der Waals surface area contributed by atoms with Gasteiger partial charge in [-0.3, -0.25) is 0 Å². The maximum absolute atomic E-state index is 12.8. The number of rotatable bonds is 6. The van der Waals surface area contributed by atoms with Crippen LogP contribution < -0.4 is 16.4 Å². The predicted molar refractivity (Wildman–Crippen MR) is 130 cm³/mol. The summed E-state index contributed by atoms with van der Waals surface area (Å²) in [6.07, 6.45) is 0. The molecule has 2 amide bonds. The molecule has 1 atom stereocenters. The number of carbonyl (C=O) groups is 1. The van der Waals surface area contributed by atoms with Crippen molar-refractivity contribution in [1.82, 2.24) is 15.1 Å². The second-order valence-corrected chi connectivity index (χ2v) is 7.93. The van der Waals surface area contributed by atoms with Crippen LogP contribution in [-0.2, 0) is 6.54 Å². The van der Waals surface area contributed by atoms with Gasteiger partial charge in [-0.1, -0.05) is 84.4 Å². The van der Waals surface area contributed by atoms with Crippen LogP contribution >= 0.6 is 11.6 Å². The molecule has 32 heavy (non-hydrogen) atoms. The number of carbonyl (C=O) groups excluding carboxylic acids is 1. The summed E-state index contributed by atoms with van der Waals surface area (Å²) < 4.78 is 1.69. The normalized spacial score (nSPS) is 11.7. The molecular formula is C25H24ClN5O. The molecule has 0 saturated heterocycles.